The second-order valence-corrected chi connectivity index (χ2v) is 6.55. The van der Waals surface area contributed by atoms with Crippen molar-refractivity contribution in [1.82, 2.24) is 0 Å². The molecule has 0 saturated heterocycles. The van der Waals surface area contributed by atoms with Crippen molar-refractivity contribution in [3.05, 3.63) is 29.8 Å². The topological polar surface area (TPSA) is 26.3 Å². The number of rotatable bonds is 7. The van der Waals surface area contributed by atoms with E-state index < -0.39 is 11.3 Å². The Morgan fingerprint density at radius 1 is 1.20 bits per heavy atom. The normalized spacial score (nSPS) is 13.1. The molecular formula is C17H25ClO2. The van der Waals surface area contributed by atoms with Crippen molar-refractivity contribution in [3.63, 3.8) is 0 Å². The van der Waals surface area contributed by atoms with E-state index in [1.165, 1.54) is 5.56 Å². The molecule has 1 rings (SSSR count). The van der Waals surface area contributed by atoms with E-state index >= 15 is 0 Å². The zero-order valence-corrected chi connectivity index (χ0v) is 13.7. The molecule has 1 unspecified atom stereocenters. The third-order valence-corrected chi connectivity index (χ3v) is 3.57. The molecular weight excluding hydrogens is 272 g/mol. The van der Waals surface area contributed by atoms with Crippen molar-refractivity contribution in [2.24, 2.45) is 0 Å². The SMILES string of the molecule is CCCCCC(Oc1ccc(C(C)(C)C)cc1)C(=O)Cl. The van der Waals surface area contributed by atoms with Crippen LogP contribution in [-0.2, 0) is 10.2 Å². The van der Waals surface area contributed by atoms with Gasteiger partial charge < -0.3 is 4.74 Å². The first-order valence-electron chi connectivity index (χ1n) is 7.31. The number of hydrogen-bond acceptors (Lipinski definition) is 2. The minimum atomic E-state index is -0.538. The van der Waals surface area contributed by atoms with Gasteiger partial charge in [0, 0.05) is 0 Å². The molecule has 0 N–H and O–H groups in total. The van der Waals surface area contributed by atoms with Crippen molar-refractivity contribution in [2.75, 3.05) is 0 Å². The number of carbonyl (C=O) groups excluding carboxylic acids is 1. The van der Waals surface area contributed by atoms with Crippen LogP contribution in [0.3, 0.4) is 0 Å². The highest BCUT2D eigenvalue weighted by molar-refractivity contribution is 6.64. The maximum Gasteiger partial charge on any atom is 0.262 e. The molecule has 0 aliphatic heterocycles. The Kier molecular flexibility index (Phi) is 6.54. The molecule has 1 atom stereocenters. The summed E-state index contributed by atoms with van der Waals surface area (Å²) in [5.74, 6) is 0.702. The van der Waals surface area contributed by atoms with Crippen molar-refractivity contribution >= 4 is 16.8 Å². The Labute approximate surface area is 127 Å². The Morgan fingerprint density at radius 3 is 2.25 bits per heavy atom. The van der Waals surface area contributed by atoms with E-state index in [4.69, 9.17) is 16.3 Å². The van der Waals surface area contributed by atoms with E-state index in [9.17, 15) is 4.79 Å². The summed E-state index contributed by atoms with van der Waals surface area (Å²) in [5, 5.41) is -0.416. The summed E-state index contributed by atoms with van der Waals surface area (Å²) in [5.41, 5.74) is 1.35. The van der Waals surface area contributed by atoms with Gasteiger partial charge in [-0.2, -0.15) is 0 Å². The molecule has 20 heavy (non-hydrogen) atoms. The Hall–Kier alpha value is -1.02. The van der Waals surface area contributed by atoms with E-state index in [1.54, 1.807) is 0 Å². The van der Waals surface area contributed by atoms with E-state index in [2.05, 4.69) is 27.7 Å². The van der Waals surface area contributed by atoms with Gasteiger partial charge in [-0.05, 0) is 47.6 Å². The first-order valence-corrected chi connectivity index (χ1v) is 7.69. The first-order chi connectivity index (χ1) is 9.34. The quantitative estimate of drug-likeness (QED) is 0.518. The molecule has 0 aromatic heterocycles. The average Bonchev–Trinajstić information content (AvgIpc) is 2.37. The smallest absolute Gasteiger partial charge is 0.262 e. The Morgan fingerprint density at radius 2 is 1.80 bits per heavy atom. The maximum atomic E-state index is 11.4. The summed E-state index contributed by atoms with van der Waals surface area (Å²) in [6.07, 6.45) is 3.30. The standard InChI is InChI=1S/C17H25ClO2/c1-5-6-7-8-15(16(18)19)20-14-11-9-13(10-12-14)17(2,3)4/h9-12,15H,5-8H2,1-4H3. The van der Waals surface area contributed by atoms with Crippen LogP contribution in [0.1, 0.15) is 58.9 Å². The van der Waals surface area contributed by atoms with E-state index in [0.717, 1.165) is 19.3 Å². The highest BCUT2D eigenvalue weighted by Crippen LogP contribution is 2.25. The molecule has 0 heterocycles. The van der Waals surface area contributed by atoms with Crippen LogP contribution in [0.25, 0.3) is 0 Å². The summed E-state index contributed by atoms with van der Waals surface area (Å²) in [4.78, 5) is 11.4. The molecule has 0 saturated carbocycles. The molecule has 2 nitrogen and oxygen atoms in total. The highest BCUT2D eigenvalue weighted by Gasteiger charge is 2.18. The van der Waals surface area contributed by atoms with Crippen molar-refractivity contribution in [2.45, 2.75) is 64.9 Å². The molecule has 1 aromatic rings. The van der Waals surface area contributed by atoms with Crippen LogP contribution < -0.4 is 4.74 Å². The molecule has 0 amide bonds. The summed E-state index contributed by atoms with van der Waals surface area (Å²) in [7, 11) is 0. The van der Waals surface area contributed by atoms with Crippen LogP contribution in [0.4, 0.5) is 0 Å². The van der Waals surface area contributed by atoms with Gasteiger partial charge in [0.25, 0.3) is 5.24 Å². The lowest BCUT2D eigenvalue weighted by atomic mass is 9.87. The predicted octanol–water partition coefficient (Wildman–Crippen LogP) is 5.08. The number of unbranched alkanes of at least 4 members (excludes halogenated alkanes) is 2. The Balaban J connectivity index is 2.67. The third-order valence-electron chi connectivity index (χ3n) is 3.32. The molecule has 0 bridgehead atoms. The highest BCUT2D eigenvalue weighted by atomic mass is 35.5. The fourth-order valence-corrected chi connectivity index (χ4v) is 2.15. The number of benzene rings is 1. The van der Waals surface area contributed by atoms with Gasteiger partial charge >= 0.3 is 0 Å². The second kappa shape index (κ2) is 7.68. The molecule has 112 valence electrons. The number of halogens is 1. The lowest BCUT2D eigenvalue weighted by molar-refractivity contribution is -0.118. The van der Waals surface area contributed by atoms with E-state index in [-0.39, 0.29) is 5.41 Å². The van der Waals surface area contributed by atoms with Crippen molar-refractivity contribution in [3.8, 4) is 5.75 Å². The molecule has 0 fully saturated rings. The van der Waals surface area contributed by atoms with Gasteiger partial charge in [0.15, 0.2) is 6.10 Å². The largest absolute Gasteiger partial charge is 0.481 e. The van der Waals surface area contributed by atoms with Crippen LogP contribution in [0.2, 0.25) is 0 Å². The number of ether oxygens (including phenoxy) is 1. The average molecular weight is 297 g/mol. The third kappa shape index (κ3) is 5.54. The minimum absolute atomic E-state index is 0.112. The van der Waals surface area contributed by atoms with Gasteiger partial charge in [-0.25, -0.2) is 0 Å². The molecule has 1 aromatic carbocycles. The van der Waals surface area contributed by atoms with Gasteiger partial charge in [0.05, 0.1) is 0 Å². The fraction of sp³-hybridized carbons (Fsp3) is 0.588. The Bertz CT molecular complexity index is 418. The van der Waals surface area contributed by atoms with Gasteiger partial charge in [-0.15, -0.1) is 0 Å². The van der Waals surface area contributed by atoms with Crippen LogP contribution in [0.15, 0.2) is 24.3 Å². The van der Waals surface area contributed by atoms with Crippen molar-refractivity contribution in [1.29, 1.82) is 0 Å². The van der Waals surface area contributed by atoms with Crippen LogP contribution >= 0.6 is 11.6 Å². The first kappa shape index (κ1) is 17.0. The van der Waals surface area contributed by atoms with Gasteiger partial charge in [-0.1, -0.05) is 52.7 Å². The van der Waals surface area contributed by atoms with E-state index in [0.29, 0.717) is 12.2 Å². The van der Waals surface area contributed by atoms with E-state index in [1.807, 2.05) is 24.3 Å². The zero-order chi connectivity index (χ0) is 15.2. The molecule has 3 heteroatoms. The summed E-state index contributed by atoms with van der Waals surface area (Å²) < 4.78 is 5.71. The number of carbonyl (C=O) groups is 1. The minimum Gasteiger partial charge on any atom is -0.481 e. The monoisotopic (exact) mass is 296 g/mol. The van der Waals surface area contributed by atoms with Crippen LogP contribution in [-0.4, -0.2) is 11.3 Å². The lowest BCUT2D eigenvalue weighted by Crippen LogP contribution is -2.23. The zero-order valence-electron chi connectivity index (χ0n) is 12.9. The van der Waals surface area contributed by atoms with Crippen molar-refractivity contribution < 1.29 is 9.53 Å². The van der Waals surface area contributed by atoms with Gasteiger partial charge in [0.1, 0.15) is 5.75 Å². The van der Waals surface area contributed by atoms with Crippen LogP contribution in [0, 0.1) is 0 Å². The molecule has 0 radical (unpaired) electrons. The number of hydrogen-bond donors (Lipinski definition) is 0. The molecule has 0 spiro atoms. The lowest BCUT2D eigenvalue weighted by Gasteiger charge is -2.20. The van der Waals surface area contributed by atoms with Crippen LogP contribution in [0.5, 0.6) is 5.75 Å². The summed E-state index contributed by atoms with van der Waals surface area (Å²) >= 11 is 5.61. The predicted molar refractivity (Wildman–Crippen MR) is 84.6 cm³/mol. The summed E-state index contributed by atoms with van der Waals surface area (Å²) in [6.45, 7) is 8.62. The van der Waals surface area contributed by atoms with Gasteiger partial charge in [0.2, 0.25) is 0 Å². The fourth-order valence-electron chi connectivity index (χ4n) is 2.00. The summed E-state index contributed by atoms with van der Waals surface area (Å²) in [6, 6.07) is 7.90. The maximum absolute atomic E-state index is 11.4. The van der Waals surface area contributed by atoms with Gasteiger partial charge in [-0.3, -0.25) is 4.79 Å². The molecule has 0 aliphatic rings. The molecule has 0 aliphatic carbocycles. The second-order valence-electron chi connectivity index (χ2n) is 6.18.